The Kier molecular flexibility index (Phi) is 3.13. The molecule has 2 rings (SSSR count). The lowest BCUT2D eigenvalue weighted by atomic mass is 10.1. The van der Waals surface area contributed by atoms with Crippen molar-refractivity contribution >= 4 is 5.97 Å². The average Bonchev–Trinajstić information content (AvgIpc) is 2.73. The van der Waals surface area contributed by atoms with Crippen LogP contribution in [0.2, 0.25) is 0 Å². The van der Waals surface area contributed by atoms with E-state index in [1.54, 1.807) is 16.8 Å². The van der Waals surface area contributed by atoms with Crippen LogP contribution in [0.1, 0.15) is 21.7 Å². The lowest BCUT2D eigenvalue weighted by Crippen LogP contribution is -2.05. The Bertz CT molecular complexity index is 519. The Morgan fingerprint density at radius 3 is 2.59 bits per heavy atom. The summed E-state index contributed by atoms with van der Waals surface area (Å²) in [5.74, 6) is -0.139. The number of benzene rings is 1. The van der Waals surface area contributed by atoms with Crippen LogP contribution in [-0.4, -0.2) is 31.3 Å². The van der Waals surface area contributed by atoms with Crippen molar-refractivity contribution in [1.29, 1.82) is 0 Å². The van der Waals surface area contributed by atoms with Gasteiger partial charge >= 0.3 is 5.97 Å². The first kappa shape index (κ1) is 11.3. The first-order valence-corrected chi connectivity index (χ1v) is 5.22. The largest absolute Gasteiger partial charge is 0.478 e. The lowest BCUT2D eigenvalue weighted by molar-refractivity contribution is 0.0697. The van der Waals surface area contributed by atoms with Gasteiger partial charge in [0.25, 0.3) is 0 Å². The second-order valence-corrected chi connectivity index (χ2v) is 3.70. The molecule has 0 aliphatic rings. The third kappa shape index (κ3) is 2.66. The van der Waals surface area contributed by atoms with Crippen LogP contribution in [0.3, 0.4) is 0 Å². The van der Waals surface area contributed by atoms with Gasteiger partial charge in [0.2, 0.25) is 0 Å². The number of nitrogens with zero attached hydrogens (tertiary/aromatic N) is 4. The molecule has 0 aliphatic carbocycles. The van der Waals surface area contributed by atoms with Crippen LogP contribution in [0, 0.1) is 6.92 Å². The maximum absolute atomic E-state index is 10.7. The molecule has 0 atom stereocenters. The summed E-state index contributed by atoms with van der Waals surface area (Å²) in [4.78, 5) is 10.7. The van der Waals surface area contributed by atoms with Crippen molar-refractivity contribution in [3.63, 3.8) is 0 Å². The van der Waals surface area contributed by atoms with E-state index < -0.39 is 5.97 Å². The number of rotatable bonds is 4. The number of hydrogen-bond acceptors (Lipinski definition) is 4. The van der Waals surface area contributed by atoms with Crippen LogP contribution < -0.4 is 0 Å². The molecule has 1 heterocycles. The number of aromatic carboxylic acids is 1. The molecule has 0 spiro atoms. The number of carboxylic acids is 1. The molecule has 0 amide bonds. The fourth-order valence-electron chi connectivity index (χ4n) is 1.50. The third-order valence-corrected chi connectivity index (χ3v) is 2.52. The lowest BCUT2D eigenvalue weighted by Gasteiger charge is -2.02. The van der Waals surface area contributed by atoms with E-state index in [0.29, 0.717) is 12.1 Å². The smallest absolute Gasteiger partial charge is 0.335 e. The topological polar surface area (TPSA) is 80.9 Å². The number of aromatic nitrogens is 4. The minimum absolute atomic E-state index is 0.298. The first-order valence-electron chi connectivity index (χ1n) is 5.22. The summed E-state index contributed by atoms with van der Waals surface area (Å²) in [6.07, 6.45) is 0.770. The monoisotopic (exact) mass is 232 g/mol. The van der Waals surface area contributed by atoms with Gasteiger partial charge in [0.05, 0.1) is 5.56 Å². The van der Waals surface area contributed by atoms with E-state index in [2.05, 4.69) is 15.5 Å². The van der Waals surface area contributed by atoms with Crippen molar-refractivity contribution < 1.29 is 9.90 Å². The van der Waals surface area contributed by atoms with Gasteiger partial charge in [0, 0.05) is 6.54 Å². The second kappa shape index (κ2) is 4.73. The van der Waals surface area contributed by atoms with Gasteiger partial charge in [0.15, 0.2) is 0 Å². The average molecular weight is 232 g/mol. The zero-order valence-electron chi connectivity index (χ0n) is 9.37. The first-order chi connectivity index (χ1) is 8.16. The summed E-state index contributed by atoms with van der Waals surface area (Å²) in [5, 5.41) is 19.9. The summed E-state index contributed by atoms with van der Waals surface area (Å²) >= 11 is 0. The van der Waals surface area contributed by atoms with Crippen molar-refractivity contribution in [2.24, 2.45) is 0 Å². The molecular weight excluding hydrogens is 220 g/mol. The van der Waals surface area contributed by atoms with Crippen LogP contribution in [0.25, 0.3) is 0 Å². The normalized spacial score (nSPS) is 10.4. The predicted molar refractivity (Wildman–Crippen MR) is 59.7 cm³/mol. The molecule has 6 heteroatoms. The molecule has 0 aliphatic heterocycles. The molecule has 2 aromatic rings. The molecular formula is C11H12N4O2. The van der Waals surface area contributed by atoms with Crippen molar-refractivity contribution in [1.82, 2.24) is 20.2 Å². The molecule has 0 saturated heterocycles. The summed E-state index contributed by atoms with van der Waals surface area (Å²) in [5.41, 5.74) is 1.36. The molecule has 88 valence electrons. The number of carboxylic acid groups (broad SMARTS) is 1. The Labute approximate surface area is 97.9 Å². The van der Waals surface area contributed by atoms with Crippen LogP contribution in [0.15, 0.2) is 24.3 Å². The number of tetrazole rings is 1. The zero-order chi connectivity index (χ0) is 12.3. The van der Waals surface area contributed by atoms with Gasteiger partial charge in [0.1, 0.15) is 5.82 Å². The minimum atomic E-state index is -0.909. The highest BCUT2D eigenvalue weighted by atomic mass is 16.4. The molecule has 1 N–H and O–H groups in total. The Balaban J connectivity index is 2.00. The van der Waals surface area contributed by atoms with Gasteiger partial charge in [-0.25, -0.2) is 9.48 Å². The molecule has 17 heavy (non-hydrogen) atoms. The Morgan fingerprint density at radius 2 is 2.06 bits per heavy atom. The highest BCUT2D eigenvalue weighted by Gasteiger charge is 2.03. The molecule has 0 bridgehead atoms. The standard InChI is InChI=1S/C11H12N4O2/c1-8-12-13-14-15(8)7-6-9-2-4-10(5-3-9)11(16)17/h2-5H,6-7H2,1H3,(H,16,17). The van der Waals surface area contributed by atoms with Crippen molar-refractivity contribution in [2.45, 2.75) is 19.9 Å². The molecule has 6 nitrogen and oxygen atoms in total. The maximum Gasteiger partial charge on any atom is 0.335 e. The molecule has 0 fully saturated rings. The van der Waals surface area contributed by atoms with E-state index in [-0.39, 0.29) is 0 Å². The highest BCUT2D eigenvalue weighted by molar-refractivity contribution is 5.87. The summed E-state index contributed by atoms with van der Waals surface area (Å²) in [6, 6.07) is 6.82. The SMILES string of the molecule is Cc1nnnn1CCc1ccc(C(=O)O)cc1. The van der Waals surface area contributed by atoms with Crippen LogP contribution in [0.5, 0.6) is 0 Å². The predicted octanol–water partition coefficient (Wildman–Crippen LogP) is 0.922. The minimum Gasteiger partial charge on any atom is -0.478 e. The van der Waals surface area contributed by atoms with E-state index >= 15 is 0 Å². The van der Waals surface area contributed by atoms with Gasteiger partial charge in [-0.3, -0.25) is 0 Å². The van der Waals surface area contributed by atoms with Crippen molar-refractivity contribution in [2.75, 3.05) is 0 Å². The zero-order valence-corrected chi connectivity index (χ0v) is 9.37. The molecule has 0 unspecified atom stereocenters. The van der Waals surface area contributed by atoms with Gasteiger partial charge in [-0.1, -0.05) is 12.1 Å². The van der Waals surface area contributed by atoms with Crippen LogP contribution >= 0.6 is 0 Å². The van der Waals surface area contributed by atoms with E-state index in [1.807, 2.05) is 19.1 Å². The number of aryl methyl sites for hydroxylation is 3. The van der Waals surface area contributed by atoms with E-state index in [0.717, 1.165) is 17.8 Å². The highest BCUT2D eigenvalue weighted by Crippen LogP contribution is 2.06. The second-order valence-electron chi connectivity index (χ2n) is 3.70. The quantitative estimate of drug-likeness (QED) is 0.847. The van der Waals surface area contributed by atoms with Crippen molar-refractivity contribution in [3.8, 4) is 0 Å². The van der Waals surface area contributed by atoms with Crippen LogP contribution in [0.4, 0.5) is 0 Å². The Hall–Kier alpha value is -2.24. The fourth-order valence-corrected chi connectivity index (χ4v) is 1.50. The molecule has 1 aromatic carbocycles. The van der Waals surface area contributed by atoms with E-state index in [1.165, 1.54) is 0 Å². The van der Waals surface area contributed by atoms with Gasteiger partial charge < -0.3 is 5.11 Å². The van der Waals surface area contributed by atoms with Crippen LogP contribution in [-0.2, 0) is 13.0 Å². The van der Waals surface area contributed by atoms with Crippen molar-refractivity contribution in [3.05, 3.63) is 41.2 Å². The summed E-state index contributed by atoms with van der Waals surface area (Å²) < 4.78 is 1.71. The van der Waals surface area contributed by atoms with E-state index in [9.17, 15) is 4.79 Å². The maximum atomic E-state index is 10.7. The summed E-state index contributed by atoms with van der Waals surface area (Å²) in [6.45, 7) is 2.53. The van der Waals surface area contributed by atoms with Gasteiger partial charge in [-0.2, -0.15) is 0 Å². The Morgan fingerprint density at radius 1 is 1.35 bits per heavy atom. The number of carbonyl (C=O) groups is 1. The third-order valence-electron chi connectivity index (χ3n) is 2.52. The molecule has 0 saturated carbocycles. The van der Waals surface area contributed by atoms with Gasteiger partial charge in [-0.15, -0.1) is 5.10 Å². The molecule has 0 radical (unpaired) electrons. The fraction of sp³-hybridized carbons (Fsp3) is 0.273. The van der Waals surface area contributed by atoms with Gasteiger partial charge in [-0.05, 0) is 41.5 Å². The summed E-state index contributed by atoms with van der Waals surface area (Å²) in [7, 11) is 0. The molecule has 1 aromatic heterocycles. The number of hydrogen-bond donors (Lipinski definition) is 1. The van der Waals surface area contributed by atoms with E-state index in [4.69, 9.17) is 5.11 Å².